The molecule has 1 rings (SSSR count). The number of nitrogens with zero attached hydrogens (tertiary/aromatic N) is 1. The molecule has 0 unspecified atom stereocenters. The van der Waals surface area contributed by atoms with Crippen LogP contribution in [0.4, 0.5) is 0 Å². The number of carbonyl (C=O) groups is 1. The lowest BCUT2D eigenvalue weighted by molar-refractivity contribution is -0.255. The van der Waals surface area contributed by atoms with Gasteiger partial charge in [-0.1, -0.05) is 0 Å². The number of rotatable bonds is 6. The molecule has 8 nitrogen and oxygen atoms in total. The molecule has 0 fully saturated rings. The minimum Gasteiger partial charge on any atom is -0.545 e. The highest BCUT2D eigenvalue weighted by Gasteiger charge is 2.15. The van der Waals surface area contributed by atoms with Gasteiger partial charge in [-0.25, -0.2) is 13.2 Å². The maximum absolute atomic E-state index is 11.2. The zero-order valence-corrected chi connectivity index (χ0v) is 11.9. The first-order valence-corrected chi connectivity index (χ1v) is 7.15. The van der Waals surface area contributed by atoms with Gasteiger partial charge in [-0.3, -0.25) is 0 Å². The molecule has 20 heavy (non-hydrogen) atoms. The van der Waals surface area contributed by atoms with Crippen molar-refractivity contribution in [1.29, 1.82) is 0 Å². The number of hydrogen-bond acceptors (Lipinski definition) is 7. The molecule has 1 aromatic carbocycles. The number of carboxylic acid groups (broad SMARTS) is 1. The van der Waals surface area contributed by atoms with E-state index in [1.807, 2.05) is 4.83 Å². The van der Waals surface area contributed by atoms with E-state index in [0.29, 0.717) is 0 Å². The number of carboxylic acids is 1. The normalized spacial score (nSPS) is 11.3. The van der Waals surface area contributed by atoms with Crippen molar-refractivity contribution in [1.82, 2.24) is 4.83 Å². The highest BCUT2D eigenvalue weighted by atomic mass is 32.2. The zero-order chi connectivity index (χ0) is 15.3. The zero-order valence-electron chi connectivity index (χ0n) is 11.0. The topological polar surface area (TPSA) is 117 Å². The van der Waals surface area contributed by atoms with Crippen molar-refractivity contribution in [2.24, 2.45) is 5.10 Å². The number of methoxy groups -OCH3 is 2. The number of ether oxygens (including phenoxy) is 2. The predicted octanol–water partition coefficient (Wildman–Crippen LogP) is -1.05. The summed E-state index contributed by atoms with van der Waals surface area (Å²) in [6.07, 6.45) is 1.95. The van der Waals surface area contributed by atoms with Crippen LogP contribution >= 0.6 is 0 Å². The van der Waals surface area contributed by atoms with Crippen LogP contribution in [-0.2, 0) is 10.0 Å². The van der Waals surface area contributed by atoms with Crippen LogP contribution in [0.1, 0.15) is 15.9 Å². The van der Waals surface area contributed by atoms with Gasteiger partial charge >= 0.3 is 0 Å². The fourth-order valence-corrected chi connectivity index (χ4v) is 1.70. The summed E-state index contributed by atoms with van der Waals surface area (Å²) in [5.74, 6) is -1.32. The van der Waals surface area contributed by atoms with Crippen LogP contribution in [-0.4, -0.2) is 41.1 Å². The first kappa shape index (κ1) is 15.8. The highest BCUT2D eigenvalue weighted by molar-refractivity contribution is 7.88. The molecule has 0 radical (unpaired) electrons. The molecule has 0 spiro atoms. The number of aromatic carboxylic acids is 1. The summed E-state index contributed by atoms with van der Waals surface area (Å²) in [6, 6.07) is 2.85. The molecule has 1 N–H and O–H groups in total. The smallest absolute Gasteiger partial charge is 0.244 e. The first-order valence-electron chi connectivity index (χ1n) is 5.26. The molecule has 0 aliphatic heterocycles. The average Bonchev–Trinajstić information content (AvgIpc) is 2.35. The maximum atomic E-state index is 11.2. The Morgan fingerprint density at radius 1 is 1.35 bits per heavy atom. The second-order valence-corrected chi connectivity index (χ2v) is 5.40. The van der Waals surface area contributed by atoms with Crippen LogP contribution < -0.4 is 19.4 Å². The van der Waals surface area contributed by atoms with Crippen molar-refractivity contribution in [3.8, 4) is 11.5 Å². The van der Waals surface area contributed by atoms with E-state index in [4.69, 9.17) is 9.47 Å². The largest absolute Gasteiger partial charge is 0.545 e. The van der Waals surface area contributed by atoms with Crippen molar-refractivity contribution in [3.63, 3.8) is 0 Å². The molecule has 0 atom stereocenters. The molecule has 0 saturated carbocycles. The van der Waals surface area contributed by atoms with E-state index < -0.39 is 16.0 Å². The summed E-state index contributed by atoms with van der Waals surface area (Å²) in [5, 5.41) is 14.6. The third-order valence-corrected chi connectivity index (χ3v) is 2.64. The predicted molar refractivity (Wildman–Crippen MR) is 69.5 cm³/mol. The van der Waals surface area contributed by atoms with Gasteiger partial charge in [0.2, 0.25) is 10.0 Å². The molecule has 0 saturated heterocycles. The maximum Gasteiger partial charge on any atom is 0.244 e. The lowest BCUT2D eigenvalue weighted by atomic mass is 10.1. The highest BCUT2D eigenvalue weighted by Crippen LogP contribution is 2.32. The minimum atomic E-state index is -3.52. The van der Waals surface area contributed by atoms with Gasteiger partial charge in [0.1, 0.15) is 0 Å². The minimum absolute atomic E-state index is 0.0317. The number of hydrazone groups is 1. The summed E-state index contributed by atoms with van der Waals surface area (Å²) < 4.78 is 31.7. The Bertz CT molecular complexity index is 639. The van der Waals surface area contributed by atoms with Crippen LogP contribution in [0.3, 0.4) is 0 Å². The molecule has 110 valence electrons. The van der Waals surface area contributed by atoms with Gasteiger partial charge in [0.25, 0.3) is 0 Å². The van der Waals surface area contributed by atoms with Crippen LogP contribution in [0.15, 0.2) is 17.2 Å². The summed E-state index contributed by atoms with van der Waals surface area (Å²) in [5.41, 5.74) is -0.176. The number of carbonyl (C=O) groups excluding carboxylic acids is 1. The van der Waals surface area contributed by atoms with Crippen LogP contribution in [0, 0.1) is 0 Å². The van der Waals surface area contributed by atoms with Gasteiger partial charge in [-0.2, -0.15) is 5.10 Å². The Balaban J connectivity index is 3.30. The first-order chi connectivity index (χ1) is 9.30. The molecule has 0 heterocycles. The molecule has 0 aliphatic carbocycles. The van der Waals surface area contributed by atoms with Crippen LogP contribution in [0.25, 0.3) is 0 Å². The van der Waals surface area contributed by atoms with Crippen molar-refractivity contribution in [2.45, 2.75) is 0 Å². The Kier molecular flexibility index (Phi) is 4.92. The lowest BCUT2D eigenvalue weighted by Gasteiger charge is -2.15. The number of sulfonamides is 1. The van der Waals surface area contributed by atoms with Crippen LogP contribution in [0.5, 0.6) is 11.5 Å². The Hall–Kier alpha value is -2.29. The average molecular weight is 301 g/mol. The molecular weight excluding hydrogens is 288 g/mol. The Labute approximate surface area is 116 Å². The lowest BCUT2D eigenvalue weighted by Crippen LogP contribution is -2.25. The monoisotopic (exact) mass is 301 g/mol. The molecule has 0 amide bonds. The number of hydrogen-bond donors (Lipinski definition) is 1. The molecule has 0 aliphatic rings. The van der Waals surface area contributed by atoms with E-state index in [-0.39, 0.29) is 22.6 Å². The van der Waals surface area contributed by atoms with Gasteiger partial charge in [0.05, 0.1) is 38.2 Å². The second kappa shape index (κ2) is 6.24. The van der Waals surface area contributed by atoms with E-state index in [9.17, 15) is 18.3 Å². The van der Waals surface area contributed by atoms with Crippen molar-refractivity contribution < 1.29 is 27.8 Å². The SMILES string of the molecule is COc1ccc(/C=N\NS(C)(=O)=O)c(C(=O)[O-])c1OC. The van der Waals surface area contributed by atoms with Crippen molar-refractivity contribution in [3.05, 3.63) is 23.3 Å². The third kappa shape index (κ3) is 3.85. The summed E-state index contributed by atoms with van der Waals surface area (Å²) in [6.45, 7) is 0. The van der Waals surface area contributed by atoms with E-state index in [1.165, 1.54) is 26.4 Å². The Morgan fingerprint density at radius 2 is 2.00 bits per heavy atom. The van der Waals surface area contributed by atoms with Gasteiger partial charge in [-0.05, 0) is 12.1 Å². The van der Waals surface area contributed by atoms with Crippen molar-refractivity contribution >= 4 is 22.2 Å². The fraction of sp³-hybridized carbons (Fsp3) is 0.273. The molecule has 0 aromatic heterocycles. The quantitative estimate of drug-likeness (QED) is 0.529. The van der Waals surface area contributed by atoms with Gasteiger partial charge in [-0.15, -0.1) is 0 Å². The second-order valence-electron chi connectivity index (χ2n) is 3.67. The standard InChI is InChI=1S/C11H14N2O6S/c1-18-8-5-4-7(6-12-13-20(3,16)17)9(11(14)15)10(8)19-2/h4-6,13H,1-3H3,(H,14,15)/p-1/b12-6-. The summed E-state index contributed by atoms with van der Waals surface area (Å²) in [7, 11) is -0.888. The summed E-state index contributed by atoms with van der Waals surface area (Å²) >= 11 is 0. The van der Waals surface area contributed by atoms with E-state index in [2.05, 4.69) is 5.10 Å². The van der Waals surface area contributed by atoms with Gasteiger partial charge in [0.15, 0.2) is 11.5 Å². The van der Waals surface area contributed by atoms with E-state index in [1.54, 1.807) is 0 Å². The fourth-order valence-electron chi connectivity index (χ4n) is 1.45. The molecule has 9 heteroatoms. The van der Waals surface area contributed by atoms with Crippen molar-refractivity contribution in [2.75, 3.05) is 20.5 Å². The summed E-state index contributed by atoms with van der Waals surface area (Å²) in [4.78, 5) is 13.0. The van der Waals surface area contributed by atoms with Gasteiger partial charge < -0.3 is 19.4 Å². The number of benzene rings is 1. The number of nitrogens with one attached hydrogen (secondary N) is 1. The molecular formula is C11H13N2O6S-. The molecule has 1 aromatic rings. The van der Waals surface area contributed by atoms with E-state index >= 15 is 0 Å². The van der Waals surface area contributed by atoms with Gasteiger partial charge in [0, 0.05) is 5.56 Å². The van der Waals surface area contributed by atoms with Crippen LogP contribution in [0.2, 0.25) is 0 Å². The van der Waals surface area contributed by atoms with E-state index in [0.717, 1.165) is 12.5 Å². The third-order valence-electron chi connectivity index (χ3n) is 2.20. The molecule has 0 bridgehead atoms. The Morgan fingerprint density at radius 3 is 2.45 bits per heavy atom.